The van der Waals surface area contributed by atoms with Crippen molar-refractivity contribution in [3.8, 4) is 0 Å². The van der Waals surface area contributed by atoms with Gasteiger partial charge in [0.15, 0.2) is 5.78 Å². The number of benzene rings is 2. The zero-order chi connectivity index (χ0) is 18.1. The number of aryl methyl sites for hydroxylation is 1. The van der Waals surface area contributed by atoms with Crippen molar-refractivity contribution < 1.29 is 9.72 Å². The van der Waals surface area contributed by atoms with Crippen LogP contribution in [-0.2, 0) is 0 Å². The number of hydrogen-bond donors (Lipinski definition) is 2. The zero-order valence-electron chi connectivity index (χ0n) is 13.6. The summed E-state index contributed by atoms with van der Waals surface area (Å²) < 4.78 is 0. The standard InChI is InChI=1S/C18H15N3O4/c1-10-6-8-12(9-7-10)19-18-15(11(2)22)17(23)13-4-3-5-14(21(24)25)16(13)20-18/h3-9H,1-2H3,(H2,19,20,23). The summed E-state index contributed by atoms with van der Waals surface area (Å²) in [5.41, 5.74) is 0.962. The topological polar surface area (TPSA) is 105 Å². The van der Waals surface area contributed by atoms with Crippen LogP contribution in [-0.4, -0.2) is 15.7 Å². The van der Waals surface area contributed by atoms with E-state index in [-0.39, 0.29) is 28.0 Å². The third-order valence-corrected chi connectivity index (χ3v) is 3.88. The molecule has 0 aliphatic heterocycles. The Morgan fingerprint density at radius 2 is 1.84 bits per heavy atom. The molecular weight excluding hydrogens is 322 g/mol. The van der Waals surface area contributed by atoms with E-state index >= 15 is 0 Å². The largest absolute Gasteiger partial charge is 0.341 e. The lowest BCUT2D eigenvalue weighted by atomic mass is 10.1. The molecule has 0 saturated carbocycles. The van der Waals surface area contributed by atoms with Gasteiger partial charge in [-0.1, -0.05) is 23.8 Å². The number of ketones is 1. The van der Waals surface area contributed by atoms with Crippen LogP contribution in [0.2, 0.25) is 0 Å². The summed E-state index contributed by atoms with van der Waals surface area (Å²) in [6.07, 6.45) is 0. The van der Waals surface area contributed by atoms with Crippen LogP contribution in [0.25, 0.3) is 10.9 Å². The Hall–Kier alpha value is -3.48. The first-order chi connectivity index (χ1) is 11.9. The number of aromatic nitrogens is 1. The first-order valence-corrected chi connectivity index (χ1v) is 7.56. The monoisotopic (exact) mass is 337 g/mol. The smallest absolute Gasteiger partial charge is 0.293 e. The number of pyridine rings is 1. The minimum absolute atomic E-state index is 0.0615. The number of para-hydroxylation sites is 1. The number of H-pyrrole nitrogens is 1. The molecular formula is C18H15N3O4. The third kappa shape index (κ3) is 2.99. The number of nitro benzene ring substituents is 1. The number of Topliss-reactive ketones (excluding diaryl/α,β-unsaturated/α-hetero) is 1. The molecule has 126 valence electrons. The van der Waals surface area contributed by atoms with Gasteiger partial charge < -0.3 is 10.3 Å². The fourth-order valence-corrected chi connectivity index (χ4v) is 2.66. The maximum Gasteiger partial charge on any atom is 0.293 e. The van der Waals surface area contributed by atoms with E-state index < -0.39 is 16.1 Å². The highest BCUT2D eigenvalue weighted by atomic mass is 16.6. The van der Waals surface area contributed by atoms with Crippen LogP contribution >= 0.6 is 0 Å². The number of nitro groups is 1. The van der Waals surface area contributed by atoms with Crippen molar-refractivity contribution in [3.05, 3.63) is 73.9 Å². The van der Waals surface area contributed by atoms with Gasteiger partial charge in [-0.3, -0.25) is 19.7 Å². The highest BCUT2D eigenvalue weighted by Gasteiger charge is 2.21. The van der Waals surface area contributed by atoms with Crippen LogP contribution in [0, 0.1) is 17.0 Å². The molecule has 0 radical (unpaired) electrons. The summed E-state index contributed by atoms with van der Waals surface area (Å²) in [6.45, 7) is 3.22. The molecule has 2 N–H and O–H groups in total. The second-order valence-electron chi connectivity index (χ2n) is 5.71. The van der Waals surface area contributed by atoms with Gasteiger partial charge in [-0.15, -0.1) is 0 Å². The predicted octanol–water partition coefficient (Wildman–Crippen LogP) is 3.69. The van der Waals surface area contributed by atoms with Crippen LogP contribution in [0.15, 0.2) is 47.3 Å². The molecule has 0 aliphatic carbocycles. The summed E-state index contributed by atoms with van der Waals surface area (Å²) >= 11 is 0. The second kappa shape index (κ2) is 6.20. The van der Waals surface area contributed by atoms with Crippen LogP contribution in [0.5, 0.6) is 0 Å². The summed E-state index contributed by atoms with van der Waals surface area (Å²) in [4.78, 5) is 38.2. The van der Waals surface area contributed by atoms with Gasteiger partial charge in [-0.05, 0) is 32.0 Å². The Balaban J connectivity index is 2.28. The minimum Gasteiger partial charge on any atom is -0.341 e. The molecule has 2 aromatic carbocycles. The molecule has 1 aromatic heterocycles. The lowest BCUT2D eigenvalue weighted by Crippen LogP contribution is -2.18. The van der Waals surface area contributed by atoms with Gasteiger partial charge in [0.1, 0.15) is 16.9 Å². The first-order valence-electron chi connectivity index (χ1n) is 7.56. The lowest BCUT2D eigenvalue weighted by molar-refractivity contribution is -0.383. The molecule has 0 bridgehead atoms. The second-order valence-corrected chi connectivity index (χ2v) is 5.71. The first kappa shape index (κ1) is 16.4. The Labute approximate surface area is 142 Å². The molecule has 0 amide bonds. The van der Waals surface area contributed by atoms with Gasteiger partial charge in [-0.25, -0.2) is 0 Å². The van der Waals surface area contributed by atoms with E-state index in [0.29, 0.717) is 5.69 Å². The summed E-state index contributed by atoms with van der Waals surface area (Å²) in [5, 5.41) is 14.3. The van der Waals surface area contributed by atoms with Gasteiger partial charge in [-0.2, -0.15) is 0 Å². The molecule has 0 aliphatic rings. The van der Waals surface area contributed by atoms with Crippen molar-refractivity contribution in [3.63, 3.8) is 0 Å². The van der Waals surface area contributed by atoms with Crippen LogP contribution < -0.4 is 10.7 Å². The molecule has 1 heterocycles. The van der Waals surface area contributed by atoms with Crippen LogP contribution in [0.4, 0.5) is 17.2 Å². The van der Waals surface area contributed by atoms with E-state index in [9.17, 15) is 19.7 Å². The minimum atomic E-state index is -0.568. The van der Waals surface area contributed by atoms with Crippen molar-refractivity contribution >= 4 is 33.9 Å². The number of rotatable bonds is 4. The van der Waals surface area contributed by atoms with Crippen molar-refractivity contribution in [2.24, 2.45) is 0 Å². The number of hydrogen-bond acceptors (Lipinski definition) is 5. The van der Waals surface area contributed by atoms with E-state index in [1.807, 2.05) is 19.1 Å². The SMILES string of the molecule is CC(=O)c1c(Nc2ccc(C)cc2)[nH]c2c([N+](=O)[O-])cccc2c1=O. The number of aromatic amines is 1. The molecule has 7 nitrogen and oxygen atoms in total. The van der Waals surface area contributed by atoms with Gasteiger partial charge in [0.25, 0.3) is 5.69 Å². The molecule has 0 unspecified atom stereocenters. The summed E-state index contributed by atoms with van der Waals surface area (Å²) in [5.74, 6) is -0.285. The average molecular weight is 337 g/mol. The van der Waals surface area contributed by atoms with E-state index in [1.165, 1.54) is 25.1 Å². The third-order valence-electron chi connectivity index (χ3n) is 3.88. The lowest BCUT2D eigenvalue weighted by Gasteiger charge is -2.12. The highest BCUT2D eigenvalue weighted by molar-refractivity contribution is 6.03. The fraction of sp³-hybridized carbons (Fsp3) is 0.111. The zero-order valence-corrected chi connectivity index (χ0v) is 13.6. The maximum atomic E-state index is 12.7. The summed E-state index contributed by atoms with van der Waals surface area (Å²) in [7, 11) is 0. The van der Waals surface area contributed by atoms with Crippen molar-refractivity contribution in [1.82, 2.24) is 4.98 Å². The quantitative estimate of drug-likeness (QED) is 0.429. The Morgan fingerprint density at radius 1 is 1.16 bits per heavy atom. The van der Waals surface area contributed by atoms with E-state index in [1.54, 1.807) is 12.1 Å². The molecule has 0 saturated heterocycles. The molecule has 25 heavy (non-hydrogen) atoms. The molecule has 3 rings (SSSR count). The van der Waals surface area contributed by atoms with Crippen molar-refractivity contribution in [2.45, 2.75) is 13.8 Å². The average Bonchev–Trinajstić information content (AvgIpc) is 2.56. The predicted molar refractivity (Wildman–Crippen MR) is 95.7 cm³/mol. The molecule has 3 aromatic rings. The Bertz CT molecular complexity index is 1050. The van der Waals surface area contributed by atoms with E-state index in [4.69, 9.17) is 0 Å². The molecule has 0 fully saturated rings. The maximum absolute atomic E-state index is 12.7. The van der Waals surface area contributed by atoms with Gasteiger partial charge in [0.05, 0.1) is 10.3 Å². The van der Waals surface area contributed by atoms with Gasteiger partial charge >= 0.3 is 0 Å². The van der Waals surface area contributed by atoms with E-state index in [2.05, 4.69) is 10.3 Å². The number of fused-ring (bicyclic) bond motifs is 1. The van der Waals surface area contributed by atoms with Gasteiger partial charge in [0, 0.05) is 11.8 Å². The summed E-state index contributed by atoms with van der Waals surface area (Å²) in [6, 6.07) is 11.5. The van der Waals surface area contributed by atoms with Gasteiger partial charge in [0.2, 0.25) is 5.43 Å². The Morgan fingerprint density at radius 3 is 2.44 bits per heavy atom. The number of anilines is 2. The fourth-order valence-electron chi connectivity index (χ4n) is 2.66. The van der Waals surface area contributed by atoms with Crippen LogP contribution in [0.3, 0.4) is 0 Å². The Kier molecular flexibility index (Phi) is 4.06. The number of carbonyl (C=O) groups is 1. The number of nitrogens with one attached hydrogen (secondary N) is 2. The number of nitrogens with zero attached hydrogens (tertiary/aromatic N) is 1. The van der Waals surface area contributed by atoms with E-state index in [0.717, 1.165) is 5.56 Å². The molecule has 0 atom stereocenters. The van der Waals surface area contributed by atoms with Crippen molar-refractivity contribution in [2.75, 3.05) is 5.32 Å². The molecule has 0 spiro atoms. The number of non-ortho nitro benzene ring substituents is 1. The number of carbonyl (C=O) groups excluding carboxylic acids is 1. The van der Waals surface area contributed by atoms with Crippen LogP contribution in [0.1, 0.15) is 22.8 Å². The molecule has 7 heteroatoms. The normalized spacial score (nSPS) is 10.6. The highest BCUT2D eigenvalue weighted by Crippen LogP contribution is 2.26. The van der Waals surface area contributed by atoms with Crippen molar-refractivity contribution in [1.29, 1.82) is 0 Å².